The van der Waals surface area contributed by atoms with Gasteiger partial charge >= 0.3 is 0 Å². The van der Waals surface area contributed by atoms with Gasteiger partial charge in [-0.15, -0.1) is 0 Å². The van der Waals surface area contributed by atoms with Crippen LogP contribution >= 0.6 is 11.6 Å². The molecule has 2 fully saturated rings. The molecule has 32 heavy (non-hydrogen) atoms. The second-order valence-corrected chi connectivity index (χ2v) is 10.6. The van der Waals surface area contributed by atoms with Gasteiger partial charge in [-0.1, -0.05) is 12.1 Å². The highest BCUT2D eigenvalue weighted by atomic mass is 35.5. The van der Waals surface area contributed by atoms with Crippen molar-refractivity contribution >= 4 is 39.0 Å². The van der Waals surface area contributed by atoms with Gasteiger partial charge in [-0.05, 0) is 59.9 Å². The van der Waals surface area contributed by atoms with E-state index in [1.54, 1.807) is 24.3 Å². The van der Waals surface area contributed by atoms with Gasteiger partial charge in [0, 0.05) is 18.3 Å². The normalized spacial score (nSPS) is 26.9. The number of sulfonamides is 1. The summed E-state index contributed by atoms with van der Waals surface area (Å²) in [6, 6.07) is 6.24. The van der Waals surface area contributed by atoms with E-state index in [0.717, 1.165) is 6.20 Å². The van der Waals surface area contributed by atoms with E-state index in [1.807, 2.05) is 0 Å². The fourth-order valence-electron chi connectivity index (χ4n) is 5.13. The molecule has 172 valence electrons. The van der Waals surface area contributed by atoms with Crippen molar-refractivity contribution in [2.75, 3.05) is 17.6 Å². The van der Waals surface area contributed by atoms with Crippen molar-refractivity contribution in [2.45, 2.75) is 24.6 Å². The van der Waals surface area contributed by atoms with Crippen LogP contribution in [0.15, 0.2) is 30.5 Å². The minimum absolute atomic E-state index is 0.0150. The number of rotatable bonds is 8. The molecule has 2 aliphatic rings. The Labute approximate surface area is 190 Å². The number of hydrogen-bond donors (Lipinski definition) is 4. The molecule has 0 radical (unpaired) electrons. The lowest BCUT2D eigenvalue weighted by Crippen LogP contribution is -2.47. The number of benzene rings is 1. The lowest BCUT2D eigenvalue weighted by atomic mass is 9.78. The highest BCUT2D eigenvalue weighted by molar-refractivity contribution is 7.88. The predicted octanol–water partition coefficient (Wildman–Crippen LogP) is 1.51. The van der Waals surface area contributed by atoms with Crippen LogP contribution in [0.5, 0.6) is 0 Å². The van der Waals surface area contributed by atoms with Crippen LogP contribution < -0.4 is 21.5 Å². The average molecular weight is 483 g/mol. The van der Waals surface area contributed by atoms with Crippen LogP contribution in [0.1, 0.15) is 18.4 Å². The molecule has 6 N–H and O–H groups in total. The van der Waals surface area contributed by atoms with E-state index in [2.05, 4.69) is 20.0 Å². The van der Waals surface area contributed by atoms with Crippen LogP contribution in [-0.4, -0.2) is 36.9 Å². The Morgan fingerprint density at radius 3 is 2.81 bits per heavy atom. The zero-order chi connectivity index (χ0) is 23.0. The fraction of sp³-hybridized carbons (Fsp3) is 0.450. The summed E-state index contributed by atoms with van der Waals surface area (Å²) in [5, 5.41) is 2.86. The van der Waals surface area contributed by atoms with E-state index in [-0.39, 0.29) is 41.2 Å². The molecule has 0 spiro atoms. The van der Waals surface area contributed by atoms with Crippen LogP contribution in [0, 0.1) is 29.5 Å². The predicted molar refractivity (Wildman–Crippen MR) is 118 cm³/mol. The van der Waals surface area contributed by atoms with Gasteiger partial charge in [-0.2, -0.15) is 4.98 Å². The minimum atomic E-state index is -3.59. The van der Waals surface area contributed by atoms with E-state index in [1.165, 1.54) is 0 Å². The summed E-state index contributed by atoms with van der Waals surface area (Å²) >= 11 is 5.78. The number of aromatic nitrogens is 2. The van der Waals surface area contributed by atoms with Gasteiger partial charge in [0.15, 0.2) is 11.6 Å². The van der Waals surface area contributed by atoms with Crippen molar-refractivity contribution in [1.29, 1.82) is 0 Å². The van der Waals surface area contributed by atoms with Crippen LogP contribution in [0.2, 0.25) is 5.28 Å². The van der Waals surface area contributed by atoms with E-state index >= 15 is 0 Å². The molecule has 2 aromatic rings. The summed E-state index contributed by atoms with van der Waals surface area (Å²) in [5.41, 5.74) is 12.4. The molecule has 0 aliphatic heterocycles. The lowest BCUT2D eigenvalue weighted by molar-refractivity contribution is -0.123. The quantitative estimate of drug-likeness (QED) is 0.328. The Hall–Kier alpha value is -2.50. The molecule has 1 aromatic heterocycles. The van der Waals surface area contributed by atoms with Gasteiger partial charge in [-0.3, -0.25) is 4.79 Å². The summed E-state index contributed by atoms with van der Waals surface area (Å²) in [6.45, 7) is 0.211. The number of hydrogen-bond acceptors (Lipinski definition) is 7. The minimum Gasteiger partial charge on any atom is -0.399 e. The number of nitrogens with two attached hydrogens (primary N) is 2. The smallest absolute Gasteiger partial charge is 0.224 e. The first kappa shape index (κ1) is 22.7. The molecular formula is C20H24ClFN6O3S. The number of halogens is 2. The average Bonchev–Trinajstić information content (AvgIpc) is 3.27. The Kier molecular flexibility index (Phi) is 6.24. The Balaban J connectivity index is 1.46. The largest absolute Gasteiger partial charge is 0.399 e. The molecular weight excluding hydrogens is 459 g/mol. The Bertz CT molecular complexity index is 1130. The van der Waals surface area contributed by atoms with E-state index in [9.17, 15) is 17.6 Å². The van der Waals surface area contributed by atoms with Gasteiger partial charge < -0.3 is 16.8 Å². The van der Waals surface area contributed by atoms with Crippen molar-refractivity contribution in [1.82, 2.24) is 14.7 Å². The first-order valence-electron chi connectivity index (χ1n) is 10.2. The first-order valence-corrected chi connectivity index (χ1v) is 12.2. The molecule has 1 aromatic carbocycles. The van der Waals surface area contributed by atoms with Crippen molar-refractivity contribution < 1.29 is 17.6 Å². The van der Waals surface area contributed by atoms with Gasteiger partial charge in [0.1, 0.15) is 0 Å². The van der Waals surface area contributed by atoms with Gasteiger partial charge in [0.25, 0.3) is 0 Å². The molecule has 9 nitrogen and oxygen atoms in total. The van der Waals surface area contributed by atoms with Crippen LogP contribution in [-0.2, 0) is 20.6 Å². The molecule has 0 saturated heterocycles. The first-order chi connectivity index (χ1) is 15.1. The number of nitrogen functional groups attached to an aromatic ring is 1. The third-order valence-corrected chi connectivity index (χ3v) is 7.86. The third-order valence-electron chi connectivity index (χ3n) is 6.36. The van der Waals surface area contributed by atoms with E-state index in [0.29, 0.717) is 24.1 Å². The standard InChI is InChI=1S/C20H24ClFN6O3S/c21-20-25-8-15(22)19(28-20)27-17-14-6-11(16(17)18(24)29)5-12(14)7-26-32(30,31)9-10-2-1-3-13(23)4-10/h1-4,8,11-12,14,16-17,26H,5-7,9,23H2,(H2,24,29)(H,25,27,28)/t11-,12+,14-,16+,17-/m1/s1. The molecule has 1 amide bonds. The SMILES string of the molecule is NC(=O)[C@H]1[C@@H]2C[C@@H](CNS(=O)(=O)Cc3cccc(N)c3)[C@@H](C2)[C@H]1Nc1nc(Cl)ncc1F. The number of carbonyl (C=O) groups is 1. The highest BCUT2D eigenvalue weighted by Gasteiger charge is 2.55. The number of amides is 1. The van der Waals surface area contributed by atoms with Crippen molar-refractivity contribution in [2.24, 2.45) is 29.4 Å². The summed E-state index contributed by atoms with van der Waals surface area (Å²) in [7, 11) is -3.59. The number of fused-ring (bicyclic) bond motifs is 2. The van der Waals surface area contributed by atoms with Crippen molar-refractivity contribution in [3.63, 3.8) is 0 Å². The molecule has 0 unspecified atom stereocenters. The maximum Gasteiger partial charge on any atom is 0.224 e. The maximum absolute atomic E-state index is 14.2. The fourth-order valence-corrected chi connectivity index (χ4v) is 6.45. The van der Waals surface area contributed by atoms with E-state index < -0.39 is 33.7 Å². The summed E-state index contributed by atoms with van der Waals surface area (Å²) in [5.74, 6) is -2.10. The number of anilines is 2. The number of carbonyl (C=O) groups excluding carboxylic acids is 1. The van der Waals surface area contributed by atoms with Gasteiger partial charge in [0.2, 0.25) is 21.2 Å². The highest BCUT2D eigenvalue weighted by Crippen LogP contribution is 2.52. The topological polar surface area (TPSA) is 153 Å². The second kappa shape index (κ2) is 8.80. The molecule has 12 heteroatoms. The number of primary amides is 1. The zero-order valence-corrected chi connectivity index (χ0v) is 18.6. The van der Waals surface area contributed by atoms with Crippen LogP contribution in [0.4, 0.5) is 15.9 Å². The Morgan fingerprint density at radius 2 is 2.09 bits per heavy atom. The summed E-state index contributed by atoms with van der Waals surface area (Å²) < 4.78 is 42.0. The lowest BCUT2D eigenvalue weighted by Gasteiger charge is -2.35. The van der Waals surface area contributed by atoms with Crippen molar-refractivity contribution in [3.8, 4) is 0 Å². The zero-order valence-electron chi connectivity index (χ0n) is 17.0. The maximum atomic E-state index is 14.2. The van der Waals surface area contributed by atoms with Crippen molar-refractivity contribution in [3.05, 3.63) is 47.1 Å². The number of nitrogens with one attached hydrogen (secondary N) is 2. The number of nitrogens with zero attached hydrogens (tertiary/aromatic N) is 2. The van der Waals surface area contributed by atoms with E-state index in [4.69, 9.17) is 23.1 Å². The monoisotopic (exact) mass is 482 g/mol. The third kappa shape index (κ3) is 4.79. The van der Waals surface area contributed by atoms with Gasteiger partial charge in [0.05, 0.1) is 17.9 Å². The molecule has 4 rings (SSSR count). The van der Waals surface area contributed by atoms with Crippen LogP contribution in [0.3, 0.4) is 0 Å². The van der Waals surface area contributed by atoms with Gasteiger partial charge in [-0.25, -0.2) is 22.5 Å². The molecule has 5 atom stereocenters. The Morgan fingerprint density at radius 1 is 1.31 bits per heavy atom. The summed E-state index contributed by atoms with van der Waals surface area (Å²) in [4.78, 5) is 19.6. The molecule has 2 aliphatic carbocycles. The molecule has 1 heterocycles. The molecule has 2 bridgehead atoms. The second-order valence-electron chi connectivity index (χ2n) is 8.44. The molecule has 2 saturated carbocycles. The summed E-state index contributed by atoms with van der Waals surface area (Å²) in [6.07, 6.45) is 2.30. The van der Waals surface area contributed by atoms with Crippen LogP contribution in [0.25, 0.3) is 0 Å².